The predicted molar refractivity (Wildman–Crippen MR) is 35.3 cm³/mol. The maximum absolute atomic E-state index is 8.89. The maximum Gasteiger partial charge on any atom is 0.151 e. The van der Waals surface area contributed by atoms with Gasteiger partial charge >= 0.3 is 0 Å². The second kappa shape index (κ2) is 4.62. The summed E-state index contributed by atoms with van der Waals surface area (Å²) in [5.41, 5.74) is 0. The van der Waals surface area contributed by atoms with E-state index < -0.39 is 18.5 Å². The summed E-state index contributed by atoms with van der Waals surface area (Å²) in [6.45, 7) is 2.85. The molecular formula is C6H14O4. The van der Waals surface area contributed by atoms with Gasteiger partial charge in [-0.1, -0.05) is 0 Å². The molecule has 0 rings (SSSR count). The van der Waals surface area contributed by atoms with Gasteiger partial charge in [-0.2, -0.15) is 0 Å². The minimum atomic E-state index is -0.922. The topological polar surface area (TPSA) is 69.9 Å². The van der Waals surface area contributed by atoms with Crippen molar-refractivity contribution in [1.82, 2.24) is 0 Å². The number of hydrogen-bond acceptors (Lipinski definition) is 4. The molecule has 3 atom stereocenters. The van der Waals surface area contributed by atoms with Crippen molar-refractivity contribution in [1.29, 1.82) is 0 Å². The van der Waals surface area contributed by atoms with Gasteiger partial charge in [-0.25, -0.2) is 0 Å². The minimum absolute atomic E-state index is 0.0463. The molecule has 0 radical (unpaired) electrons. The van der Waals surface area contributed by atoms with Gasteiger partial charge in [-0.15, -0.1) is 0 Å². The molecule has 62 valence electrons. The number of hydrogen-bond donors (Lipinski definition) is 3. The van der Waals surface area contributed by atoms with Crippen LogP contribution in [0.2, 0.25) is 0 Å². The van der Waals surface area contributed by atoms with Crippen molar-refractivity contribution in [2.24, 2.45) is 0 Å². The lowest BCUT2D eigenvalue weighted by molar-refractivity contribution is -0.125. The zero-order valence-corrected chi connectivity index (χ0v) is 6.19. The van der Waals surface area contributed by atoms with Crippen LogP contribution in [-0.2, 0) is 4.74 Å². The Morgan fingerprint density at radius 3 is 2.00 bits per heavy atom. The van der Waals surface area contributed by atoms with E-state index in [0.29, 0.717) is 0 Å². The highest BCUT2D eigenvalue weighted by Crippen LogP contribution is 1.94. The van der Waals surface area contributed by atoms with Gasteiger partial charge in [0.15, 0.2) is 6.29 Å². The van der Waals surface area contributed by atoms with Gasteiger partial charge in [0.2, 0.25) is 0 Å². The van der Waals surface area contributed by atoms with Crippen molar-refractivity contribution >= 4 is 0 Å². The summed E-state index contributed by atoms with van der Waals surface area (Å²) in [7, 11) is 0. The van der Waals surface area contributed by atoms with Crippen LogP contribution in [0.1, 0.15) is 13.8 Å². The third-order valence-electron chi connectivity index (χ3n) is 1.07. The lowest BCUT2D eigenvalue weighted by atomic mass is 10.2. The van der Waals surface area contributed by atoms with E-state index >= 15 is 0 Å². The van der Waals surface area contributed by atoms with Crippen molar-refractivity contribution in [2.75, 3.05) is 6.61 Å². The molecule has 4 nitrogen and oxygen atoms in total. The van der Waals surface area contributed by atoms with Gasteiger partial charge < -0.3 is 20.1 Å². The van der Waals surface area contributed by atoms with Crippen molar-refractivity contribution in [3.8, 4) is 0 Å². The molecule has 3 unspecified atom stereocenters. The van der Waals surface area contributed by atoms with Crippen LogP contribution in [-0.4, -0.2) is 40.4 Å². The standard InChI is InChI=1S/C6H14O4/c1-4(7)6(9)3-10-5(2)8/h4-9H,3H2,1-2H3. The van der Waals surface area contributed by atoms with E-state index in [1.54, 1.807) is 0 Å². The van der Waals surface area contributed by atoms with Gasteiger partial charge in [0.05, 0.1) is 12.7 Å². The second-order valence-corrected chi connectivity index (χ2v) is 2.24. The van der Waals surface area contributed by atoms with E-state index in [9.17, 15) is 0 Å². The highest BCUT2D eigenvalue weighted by molar-refractivity contribution is 4.59. The van der Waals surface area contributed by atoms with E-state index in [1.165, 1.54) is 13.8 Å². The Hall–Kier alpha value is -0.160. The first-order chi connectivity index (χ1) is 4.54. The van der Waals surface area contributed by atoms with Crippen LogP contribution in [0.5, 0.6) is 0 Å². The third-order valence-corrected chi connectivity index (χ3v) is 1.07. The monoisotopic (exact) mass is 150 g/mol. The SMILES string of the molecule is CC(O)OCC(O)C(C)O. The first kappa shape index (κ1) is 9.84. The Morgan fingerprint density at radius 2 is 1.70 bits per heavy atom. The molecule has 0 aliphatic heterocycles. The van der Waals surface area contributed by atoms with Gasteiger partial charge in [-0.3, -0.25) is 0 Å². The van der Waals surface area contributed by atoms with Crippen molar-refractivity contribution < 1.29 is 20.1 Å². The first-order valence-electron chi connectivity index (χ1n) is 3.20. The molecule has 0 saturated carbocycles. The molecule has 0 aromatic carbocycles. The van der Waals surface area contributed by atoms with E-state index in [1.807, 2.05) is 0 Å². The normalized spacial score (nSPS) is 20.1. The Labute approximate surface area is 60.1 Å². The Bertz CT molecular complexity index is 81.8. The summed E-state index contributed by atoms with van der Waals surface area (Å²) in [6.07, 6.45) is -2.64. The number of aliphatic hydroxyl groups excluding tert-OH is 3. The maximum atomic E-state index is 8.89. The van der Waals surface area contributed by atoms with Crippen molar-refractivity contribution in [3.05, 3.63) is 0 Å². The van der Waals surface area contributed by atoms with Gasteiger partial charge in [-0.05, 0) is 13.8 Å². The number of aliphatic hydroxyl groups is 3. The molecule has 4 heteroatoms. The molecule has 0 aromatic heterocycles. The summed E-state index contributed by atoms with van der Waals surface area (Å²) < 4.78 is 4.61. The fourth-order valence-corrected chi connectivity index (χ4v) is 0.377. The van der Waals surface area contributed by atoms with Crippen molar-refractivity contribution in [2.45, 2.75) is 32.3 Å². The van der Waals surface area contributed by atoms with Crippen LogP contribution >= 0.6 is 0 Å². The van der Waals surface area contributed by atoms with E-state index in [0.717, 1.165) is 0 Å². The summed E-state index contributed by atoms with van der Waals surface area (Å²) in [4.78, 5) is 0. The molecule has 0 heterocycles. The van der Waals surface area contributed by atoms with Crippen LogP contribution < -0.4 is 0 Å². The highest BCUT2D eigenvalue weighted by Gasteiger charge is 2.11. The Balaban J connectivity index is 3.30. The van der Waals surface area contributed by atoms with Gasteiger partial charge in [0.1, 0.15) is 6.10 Å². The first-order valence-corrected chi connectivity index (χ1v) is 3.20. The molecule has 0 fully saturated rings. The smallest absolute Gasteiger partial charge is 0.151 e. The Morgan fingerprint density at radius 1 is 1.20 bits per heavy atom. The second-order valence-electron chi connectivity index (χ2n) is 2.24. The molecule has 0 aliphatic rings. The van der Waals surface area contributed by atoms with E-state index in [2.05, 4.69) is 4.74 Å². The molecule has 0 aromatic rings. The van der Waals surface area contributed by atoms with Crippen LogP contribution in [0.25, 0.3) is 0 Å². The fraction of sp³-hybridized carbons (Fsp3) is 1.00. The average Bonchev–Trinajstić information content (AvgIpc) is 1.82. The summed E-state index contributed by atoms with van der Waals surface area (Å²) in [5.74, 6) is 0. The largest absolute Gasteiger partial charge is 0.391 e. The molecule has 0 saturated heterocycles. The zero-order valence-electron chi connectivity index (χ0n) is 6.19. The highest BCUT2D eigenvalue weighted by atomic mass is 16.6. The molecule has 3 N–H and O–H groups in total. The summed E-state index contributed by atoms with van der Waals surface area (Å²) in [5, 5.41) is 26.2. The van der Waals surface area contributed by atoms with Crippen LogP contribution in [0.3, 0.4) is 0 Å². The Kier molecular flexibility index (Phi) is 4.55. The number of rotatable bonds is 4. The molecule has 0 amide bonds. The van der Waals surface area contributed by atoms with Crippen LogP contribution in [0, 0.1) is 0 Å². The predicted octanol–water partition coefficient (Wildman–Crippen LogP) is -0.917. The zero-order chi connectivity index (χ0) is 8.15. The quantitative estimate of drug-likeness (QED) is 0.453. The van der Waals surface area contributed by atoms with Crippen LogP contribution in [0.4, 0.5) is 0 Å². The summed E-state index contributed by atoms with van der Waals surface area (Å²) >= 11 is 0. The molecular weight excluding hydrogens is 136 g/mol. The molecule has 0 aliphatic carbocycles. The fourth-order valence-electron chi connectivity index (χ4n) is 0.377. The van der Waals surface area contributed by atoms with Gasteiger partial charge in [0.25, 0.3) is 0 Å². The minimum Gasteiger partial charge on any atom is -0.391 e. The molecule has 10 heavy (non-hydrogen) atoms. The third kappa shape index (κ3) is 4.69. The van der Waals surface area contributed by atoms with Crippen molar-refractivity contribution in [3.63, 3.8) is 0 Å². The number of ether oxygens (including phenoxy) is 1. The molecule has 0 bridgehead atoms. The lowest BCUT2D eigenvalue weighted by Crippen LogP contribution is -2.29. The molecule has 0 spiro atoms. The van der Waals surface area contributed by atoms with E-state index in [4.69, 9.17) is 15.3 Å². The lowest BCUT2D eigenvalue weighted by Gasteiger charge is -2.14. The van der Waals surface area contributed by atoms with E-state index in [-0.39, 0.29) is 6.61 Å². The van der Waals surface area contributed by atoms with Gasteiger partial charge in [0, 0.05) is 0 Å². The van der Waals surface area contributed by atoms with Crippen LogP contribution in [0.15, 0.2) is 0 Å². The average molecular weight is 150 g/mol. The summed E-state index contributed by atoms with van der Waals surface area (Å²) in [6, 6.07) is 0.